The summed E-state index contributed by atoms with van der Waals surface area (Å²) >= 11 is 0. The fraction of sp³-hybridized carbons (Fsp3) is 0.526. The molecule has 0 spiro atoms. The zero-order valence-corrected chi connectivity index (χ0v) is 14.9. The van der Waals surface area contributed by atoms with Crippen LogP contribution in [0.15, 0.2) is 24.3 Å². The van der Waals surface area contributed by atoms with Gasteiger partial charge in [0.2, 0.25) is 0 Å². The summed E-state index contributed by atoms with van der Waals surface area (Å²) in [5.41, 5.74) is 4.92. The van der Waals surface area contributed by atoms with Gasteiger partial charge < -0.3 is 10.1 Å². The molecule has 0 aliphatic carbocycles. The molecule has 0 bridgehead atoms. The van der Waals surface area contributed by atoms with E-state index in [4.69, 9.17) is 4.74 Å². The van der Waals surface area contributed by atoms with Crippen LogP contribution >= 0.6 is 0 Å². The number of ether oxygens (including phenoxy) is 1. The van der Waals surface area contributed by atoms with Gasteiger partial charge in [0, 0.05) is 30.4 Å². The summed E-state index contributed by atoms with van der Waals surface area (Å²) in [5, 5.41) is 11.0. The maximum absolute atomic E-state index is 5.31. The van der Waals surface area contributed by atoms with E-state index in [1.54, 1.807) is 7.11 Å². The minimum Gasteiger partial charge on any atom is -0.497 e. The zero-order valence-electron chi connectivity index (χ0n) is 14.9. The molecule has 5 heteroatoms. The van der Waals surface area contributed by atoms with Crippen molar-refractivity contribution >= 4 is 0 Å². The highest BCUT2D eigenvalue weighted by molar-refractivity contribution is 5.28. The molecule has 0 saturated carbocycles. The van der Waals surface area contributed by atoms with E-state index in [2.05, 4.69) is 52.5 Å². The number of methoxy groups -OCH3 is 1. The number of likely N-dealkylation sites (tertiary alicyclic amines) is 1. The number of benzene rings is 1. The van der Waals surface area contributed by atoms with Crippen molar-refractivity contribution in [2.24, 2.45) is 0 Å². The summed E-state index contributed by atoms with van der Waals surface area (Å²) < 4.78 is 5.31. The summed E-state index contributed by atoms with van der Waals surface area (Å²) in [6.07, 6.45) is 2.39. The zero-order chi connectivity index (χ0) is 16.9. The highest BCUT2D eigenvalue weighted by Gasteiger charge is 2.19. The molecule has 0 amide bonds. The first-order chi connectivity index (χ1) is 11.7. The van der Waals surface area contributed by atoms with Crippen LogP contribution in [-0.2, 0) is 13.1 Å². The Bertz CT molecular complexity index is 640. The minimum atomic E-state index is 0.597. The van der Waals surface area contributed by atoms with Crippen molar-refractivity contribution in [3.05, 3.63) is 46.8 Å². The molecule has 1 aromatic heterocycles. The number of nitrogens with one attached hydrogen (secondary N) is 2. The summed E-state index contributed by atoms with van der Waals surface area (Å²) in [6.45, 7) is 8.35. The Labute approximate surface area is 144 Å². The normalized spacial score (nSPS) is 16.5. The third-order valence-corrected chi connectivity index (χ3v) is 4.98. The molecular weight excluding hydrogens is 300 g/mol. The second kappa shape index (κ2) is 7.81. The number of aryl methyl sites for hydroxylation is 2. The second-order valence-corrected chi connectivity index (χ2v) is 6.70. The van der Waals surface area contributed by atoms with Gasteiger partial charge in [-0.3, -0.25) is 10.00 Å². The Morgan fingerprint density at radius 3 is 2.75 bits per heavy atom. The van der Waals surface area contributed by atoms with Crippen molar-refractivity contribution in [1.82, 2.24) is 20.4 Å². The van der Waals surface area contributed by atoms with Gasteiger partial charge in [0.25, 0.3) is 0 Å². The van der Waals surface area contributed by atoms with Gasteiger partial charge in [-0.2, -0.15) is 5.10 Å². The number of hydrogen-bond acceptors (Lipinski definition) is 4. The molecule has 130 valence electrons. The van der Waals surface area contributed by atoms with E-state index in [1.807, 2.05) is 6.07 Å². The van der Waals surface area contributed by atoms with Crippen LogP contribution in [0.25, 0.3) is 0 Å². The third kappa shape index (κ3) is 4.16. The van der Waals surface area contributed by atoms with Crippen LogP contribution in [0.2, 0.25) is 0 Å². The van der Waals surface area contributed by atoms with Gasteiger partial charge in [-0.05, 0) is 57.5 Å². The summed E-state index contributed by atoms with van der Waals surface area (Å²) in [7, 11) is 1.72. The number of H-pyrrole nitrogens is 1. The maximum Gasteiger partial charge on any atom is 0.119 e. The van der Waals surface area contributed by atoms with Gasteiger partial charge in [-0.25, -0.2) is 0 Å². The number of nitrogens with zero attached hydrogens (tertiary/aromatic N) is 2. The predicted octanol–water partition coefficient (Wildman–Crippen LogP) is 2.79. The Kier molecular flexibility index (Phi) is 5.53. The van der Waals surface area contributed by atoms with E-state index in [9.17, 15) is 0 Å². The molecule has 5 nitrogen and oxygen atoms in total. The van der Waals surface area contributed by atoms with E-state index in [1.165, 1.54) is 29.7 Å². The summed E-state index contributed by atoms with van der Waals surface area (Å²) in [4.78, 5) is 2.53. The van der Waals surface area contributed by atoms with E-state index in [-0.39, 0.29) is 0 Å². The van der Waals surface area contributed by atoms with Crippen LogP contribution in [0.1, 0.15) is 35.4 Å². The molecule has 0 atom stereocenters. The SMILES string of the molecule is COc1cccc(CN2CCC(NCc3c(C)n[nH]c3C)CC2)c1. The lowest BCUT2D eigenvalue weighted by Gasteiger charge is -2.32. The van der Waals surface area contributed by atoms with Crippen LogP contribution in [0.5, 0.6) is 5.75 Å². The number of rotatable bonds is 6. The largest absolute Gasteiger partial charge is 0.497 e. The Morgan fingerprint density at radius 2 is 2.08 bits per heavy atom. The Morgan fingerprint density at radius 1 is 1.29 bits per heavy atom. The smallest absolute Gasteiger partial charge is 0.119 e. The Balaban J connectivity index is 1.45. The van der Waals surface area contributed by atoms with E-state index in [0.29, 0.717) is 6.04 Å². The molecule has 1 fully saturated rings. The molecule has 24 heavy (non-hydrogen) atoms. The van der Waals surface area contributed by atoms with Crippen LogP contribution in [-0.4, -0.2) is 41.3 Å². The fourth-order valence-corrected chi connectivity index (χ4v) is 3.41. The Hall–Kier alpha value is -1.85. The third-order valence-electron chi connectivity index (χ3n) is 4.98. The van der Waals surface area contributed by atoms with Gasteiger partial charge in [0.1, 0.15) is 5.75 Å². The lowest BCUT2D eigenvalue weighted by molar-refractivity contribution is 0.190. The van der Waals surface area contributed by atoms with Crippen molar-refractivity contribution in [2.75, 3.05) is 20.2 Å². The van der Waals surface area contributed by atoms with Crippen molar-refractivity contribution < 1.29 is 4.74 Å². The highest BCUT2D eigenvalue weighted by Crippen LogP contribution is 2.18. The average molecular weight is 328 g/mol. The number of aromatic nitrogens is 2. The monoisotopic (exact) mass is 328 g/mol. The topological polar surface area (TPSA) is 53.2 Å². The van der Waals surface area contributed by atoms with Gasteiger partial charge in [-0.15, -0.1) is 0 Å². The van der Waals surface area contributed by atoms with Crippen molar-refractivity contribution in [2.45, 2.75) is 45.8 Å². The van der Waals surface area contributed by atoms with Gasteiger partial charge in [0.05, 0.1) is 12.8 Å². The molecule has 1 saturated heterocycles. The highest BCUT2D eigenvalue weighted by atomic mass is 16.5. The van der Waals surface area contributed by atoms with Crippen molar-refractivity contribution in [3.63, 3.8) is 0 Å². The number of aromatic amines is 1. The fourth-order valence-electron chi connectivity index (χ4n) is 3.41. The first-order valence-corrected chi connectivity index (χ1v) is 8.75. The lowest BCUT2D eigenvalue weighted by Crippen LogP contribution is -2.41. The molecular formula is C19H28N4O. The molecule has 2 aromatic rings. The van der Waals surface area contributed by atoms with Crippen LogP contribution in [0, 0.1) is 13.8 Å². The van der Waals surface area contributed by atoms with Crippen LogP contribution in [0.4, 0.5) is 0 Å². The molecule has 1 aliphatic rings. The first-order valence-electron chi connectivity index (χ1n) is 8.75. The van der Waals surface area contributed by atoms with Gasteiger partial charge >= 0.3 is 0 Å². The second-order valence-electron chi connectivity index (χ2n) is 6.70. The van der Waals surface area contributed by atoms with Crippen molar-refractivity contribution in [3.8, 4) is 5.75 Å². The van der Waals surface area contributed by atoms with Gasteiger partial charge in [-0.1, -0.05) is 12.1 Å². The van der Waals surface area contributed by atoms with Crippen LogP contribution < -0.4 is 10.1 Å². The molecule has 2 N–H and O–H groups in total. The number of piperidine rings is 1. The van der Waals surface area contributed by atoms with Crippen LogP contribution in [0.3, 0.4) is 0 Å². The van der Waals surface area contributed by atoms with Crippen molar-refractivity contribution in [1.29, 1.82) is 0 Å². The molecule has 2 heterocycles. The molecule has 1 aliphatic heterocycles. The molecule has 1 aromatic carbocycles. The quantitative estimate of drug-likeness (QED) is 0.856. The predicted molar refractivity (Wildman–Crippen MR) is 96.2 cm³/mol. The number of hydrogen-bond donors (Lipinski definition) is 2. The lowest BCUT2D eigenvalue weighted by atomic mass is 10.0. The average Bonchev–Trinajstić information content (AvgIpc) is 2.93. The maximum atomic E-state index is 5.31. The van der Waals surface area contributed by atoms with E-state index < -0.39 is 0 Å². The van der Waals surface area contributed by atoms with E-state index >= 15 is 0 Å². The molecule has 3 rings (SSSR count). The summed E-state index contributed by atoms with van der Waals surface area (Å²) in [6, 6.07) is 8.98. The first kappa shape index (κ1) is 17.0. The summed E-state index contributed by atoms with van der Waals surface area (Å²) in [5.74, 6) is 0.940. The standard InChI is InChI=1S/C19H28N4O/c1-14-19(15(2)22-21-14)12-20-17-7-9-23(10-8-17)13-16-5-4-6-18(11-16)24-3/h4-6,11,17,20H,7-10,12-13H2,1-3H3,(H,21,22). The minimum absolute atomic E-state index is 0.597. The molecule has 0 unspecified atom stereocenters. The van der Waals surface area contributed by atoms with E-state index in [0.717, 1.165) is 37.6 Å². The van der Waals surface area contributed by atoms with Gasteiger partial charge in [0.15, 0.2) is 0 Å². The molecule has 0 radical (unpaired) electrons.